The molecule has 0 radical (unpaired) electrons. The topological polar surface area (TPSA) is 30.5 Å². The maximum Gasteiger partial charge on any atom is 0.118 e. The van der Waals surface area contributed by atoms with Gasteiger partial charge in [0.15, 0.2) is 0 Å². The number of nitrogens with one attached hydrogen (secondary N) is 1. The van der Waals surface area contributed by atoms with E-state index in [4.69, 9.17) is 5.73 Å². The lowest BCUT2D eigenvalue weighted by atomic mass is 10.2. The number of nitrogens with two attached hydrogens (primary N) is 1. The highest BCUT2D eigenvalue weighted by molar-refractivity contribution is 7.93. The molecule has 0 aromatic heterocycles. The van der Waals surface area contributed by atoms with Crippen LogP contribution in [0.25, 0.3) is 0 Å². The standard InChI is InChI=1S/C10H12N2S/c11-10-4-2-9(3-5-10)8-12-6-1-7-13-12/h1-6H,7-8,11H2/p+1. The van der Waals surface area contributed by atoms with E-state index in [1.165, 1.54) is 9.87 Å². The quantitative estimate of drug-likeness (QED) is 0.538. The Kier molecular flexibility index (Phi) is 2.57. The number of anilines is 1. The molecule has 68 valence electrons. The second-order valence-electron chi connectivity index (χ2n) is 3.10. The highest BCUT2D eigenvalue weighted by atomic mass is 32.2. The fourth-order valence-electron chi connectivity index (χ4n) is 1.33. The van der Waals surface area contributed by atoms with Gasteiger partial charge in [0.1, 0.15) is 12.7 Å². The number of quaternary nitrogens is 1. The molecular formula is C10H13N2S+. The normalized spacial score (nSPS) is 20.8. The molecule has 2 nitrogen and oxygen atoms in total. The van der Waals surface area contributed by atoms with Crippen LogP contribution in [0.4, 0.5) is 5.69 Å². The van der Waals surface area contributed by atoms with Gasteiger partial charge in [-0.05, 0) is 18.2 Å². The van der Waals surface area contributed by atoms with Gasteiger partial charge >= 0.3 is 0 Å². The van der Waals surface area contributed by atoms with Gasteiger partial charge in [-0.15, -0.1) is 0 Å². The van der Waals surface area contributed by atoms with Crippen molar-refractivity contribution < 1.29 is 4.31 Å². The van der Waals surface area contributed by atoms with Crippen molar-refractivity contribution in [1.82, 2.24) is 0 Å². The lowest BCUT2D eigenvalue weighted by Crippen LogP contribution is -2.97. The van der Waals surface area contributed by atoms with Crippen molar-refractivity contribution in [1.29, 1.82) is 0 Å². The SMILES string of the molecule is Nc1ccc(C[NH+]2C=CCS2)cc1. The lowest BCUT2D eigenvalue weighted by molar-refractivity contribution is -0.707. The Balaban J connectivity index is 2.01. The maximum absolute atomic E-state index is 5.61. The van der Waals surface area contributed by atoms with Gasteiger partial charge in [0, 0.05) is 11.3 Å². The third-order valence-electron chi connectivity index (χ3n) is 2.03. The molecule has 0 amide bonds. The summed E-state index contributed by atoms with van der Waals surface area (Å²) in [5.74, 6) is 1.13. The average molecular weight is 193 g/mol. The Hall–Kier alpha value is -0.930. The summed E-state index contributed by atoms with van der Waals surface area (Å²) in [6, 6.07) is 8.10. The summed E-state index contributed by atoms with van der Waals surface area (Å²) in [6.07, 6.45) is 4.42. The van der Waals surface area contributed by atoms with Gasteiger partial charge in [-0.1, -0.05) is 12.1 Å². The molecule has 0 aliphatic carbocycles. The second kappa shape index (κ2) is 3.85. The first-order valence-corrected chi connectivity index (χ1v) is 5.33. The van der Waals surface area contributed by atoms with Crippen LogP contribution in [0.5, 0.6) is 0 Å². The molecular weight excluding hydrogens is 180 g/mol. The van der Waals surface area contributed by atoms with Gasteiger partial charge in [-0.3, -0.25) is 0 Å². The molecule has 1 atom stereocenters. The van der Waals surface area contributed by atoms with Crippen LogP contribution in [-0.4, -0.2) is 5.75 Å². The minimum Gasteiger partial charge on any atom is -0.399 e. The number of hydrogen-bond donors (Lipinski definition) is 2. The Morgan fingerprint density at radius 1 is 1.31 bits per heavy atom. The Morgan fingerprint density at radius 2 is 2.08 bits per heavy atom. The summed E-state index contributed by atoms with van der Waals surface area (Å²) in [4.78, 5) is 0. The Morgan fingerprint density at radius 3 is 2.69 bits per heavy atom. The summed E-state index contributed by atoms with van der Waals surface area (Å²) in [7, 11) is 0. The molecule has 1 aliphatic heterocycles. The third-order valence-corrected chi connectivity index (χ3v) is 3.04. The highest BCUT2D eigenvalue weighted by Gasteiger charge is 2.11. The Bertz CT molecular complexity index is 305. The Labute approximate surface area is 82.6 Å². The van der Waals surface area contributed by atoms with Crippen LogP contribution in [0.15, 0.2) is 36.5 Å². The summed E-state index contributed by atoms with van der Waals surface area (Å²) in [5, 5.41) is 0. The number of nitrogen functional groups attached to an aromatic ring is 1. The first-order valence-electron chi connectivity index (χ1n) is 4.34. The number of rotatable bonds is 2. The molecule has 2 rings (SSSR count). The molecule has 3 N–H and O–H groups in total. The predicted molar refractivity (Wildman–Crippen MR) is 57.1 cm³/mol. The smallest absolute Gasteiger partial charge is 0.118 e. The number of benzene rings is 1. The fourth-order valence-corrected chi connectivity index (χ4v) is 2.20. The van der Waals surface area contributed by atoms with Gasteiger partial charge in [-0.25, -0.2) is 4.31 Å². The van der Waals surface area contributed by atoms with E-state index in [1.807, 2.05) is 24.1 Å². The first-order chi connectivity index (χ1) is 6.34. The lowest BCUT2D eigenvalue weighted by Gasteiger charge is -2.07. The van der Waals surface area contributed by atoms with Crippen molar-refractivity contribution in [2.75, 3.05) is 11.5 Å². The van der Waals surface area contributed by atoms with E-state index in [2.05, 4.69) is 24.4 Å². The molecule has 1 unspecified atom stereocenters. The van der Waals surface area contributed by atoms with Gasteiger partial charge in [0.25, 0.3) is 0 Å². The van der Waals surface area contributed by atoms with Crippen LogP contribution in [0.3, 0.4) is 0 Å². The second-order valence-corrected chi connectivity index (χ2v) is 4.24. The molecule has 1 heterocycles. The maximum atomic E-state index is 5.61. The largest absolute Gasteiger partial charge is 0.399 e. The van der Waals surface area contributed by atoms with Crippen molar-refractivity contribution in [3.05, 3.63) is 42.1 Å². The summed E-state index contributed by atoms with van der Waals surface area (Å²) >= 11 is 1.92. The summed E-state index contributed by atoms with van der Waals surface area (Å²) in [6.45, 7) is 1.04. The third kappa shape index (κ3) is 2.26. The fraction of sp³-hybridized carbons (Fsp3) is 0.200. The molecule has 0 bridgehead atoms. The minimum atomic E-state index is 0.836. The van der Waals surface area contributed by atoms with Crippen LogP contribution in [-0.2, 0) is 6.54 Å². The molecule has 0 spiro atoms. The molecule has 0 fully saturated rings. The van der Waals surface area contributed by atoms with Crippen molar-refractivity contribution in [2.24, 2.45) is 0 Å². The number of hydrogen-bond acceptors (Lipinski definition) is 2. The minimum absolute atomic E-state index is 0.836. The summed E-state index contributed by atoms with van der Waals surface area (Å²) < 4.78 is 1.45. The van der Waals surface area contributed by atoms with Gasteiger partial charge in [0.2, 0.25) is 0 Å². The molecule has 13 heavy (non-hydrogen) atoms. The van der Waals surface area contributed by atoms with Crippen molar-refractivity contribution in [2.45, 2.75) is 6.54 Å². The zero-order valence-electron chi connectivity index (χ0n) is 7.36. The molecule has 3 heteroatoms. The van der Waals surface area contributed by atoms with Crippen molar-refractivity contribution in [3.8, 4) is 0 Å². The average Bonchev–Trinajstić information content (AvgIpc) is 2.62. The van der Waals surface area contributed by atoms with Crippen LogP contribution < -0.4 is 10.0 Å². The first kappa shape index (κ1) is 8.66. The highest BCUT2D eigenvalue weighted by Crippen LogP contribution is 2.05. The monoisotopic (exact) mass is 193 g/mol. The zero-order chi connectivity index (χ0) is 9.10. The van der Waals surface area contributed by atoms with E-state index >= 15 is 0 Å². The van der Waals surface area contributed by atoms with Crippen molar-refractivity contribution >= 4 is 17.6 Å². The van der Waals surface area contributed by atoms with E-state index < -0.39 is 0 Å². The van der Waals surface area contributed by atoms with E-state index in [9.17, 15) is 0 Å². The van der Waals surface area contributed by atoms with Crippen LogP contribution in [0, 0.1) is 0 Å². The predicted octanol–water partition coefficient (Wildman–Crippen LogP) is 0.829. The van der Waals surface area contributed by atoms with Crippen LogP contribution >= 0.6 is 11.9 Å². The van der Waals surface area contributed by atoms with Crippen LogP contribution in [0.2, 0.25) is 0 Å². The van der Waals surface area contributed by atoms with E-state index in [1.54, 1.807) is 0 Å². The van der Waals surface area contributed by atoms with E-state index in [0.29, 0.717) is 0 Å². The molecule has 0 saturated carbocycles. The molecule has 1 aliphatic rings. The van der Waals surface area contributed by atoms with Gasteiger partial charge in [0.05, 0.1) is 17.7 Å². The zero-order valence-corrected chi connectivity index (χ0v) is 8.18. The van der Waals surface area contributed by atoms with Gasteiger partial charge < -0.3 is 5.73 Å². The summed E-state index contributed by atoms with van der Waals surface area (Å²) in [5.41, 5.74) is 7.78. The molecule has 1 aromatic carbocycles. The van der Waals surface area contributed by atoms with Crippen molar-refractivity contribution in [3.63, 3.8) is 0 Å². The van der Waals surface area contributed by atoms with E-state index in [0.717, 1.165) is 18.0 Å². The van der Waals surface area contributed by atoms with Gasteiger partial charge in [-0.2, -0.15) is 0 Å². The molecule has 0 saturated heterocycles. The van der Waals surface area contributed by atoms with Crippen LogP contribution in [0.1, 0.15) is 5.56 Å². The van der Waals surface area contributed by atoms with E-state index in [-0.39, 0.29) is 0 Å². The molecule has 1 aromatic rings.